The number of methoxy groups -OCH3 is 1. The van der Waals surface area contributed by atoms with Crippen LogP contribution in [0.3, 0.4) is 0 Å². The van der Waals surface area contributed by atoms with Gasteiger partial charge in [-0.15, -0.1) is 0 Å². The fourth-order valence-corrected chi connectivity index (χ4v) is 5.17. The number of carbonyl (C=O) groups excluding carboxylic acids is 1. The van der Waals surface area contributed by atoms with E-state index in [0.717, 1.165) is 16.7 Å². The molecule has 0 amide bonds. The first-order chi connectivity index (χ1) is 19.4. The molecule has 0 saturated carbocycles. The van der Waals surface area contributed by atoms with Gasteiger partial charge in [-0.2, -0.15) is 0 Å². The van der Waals surface area contributed by atoms with Crippen LogP contribution in [0.15, 0.2) is 48.5 Å². The van der Waals surface area contributed by atoms with E-state index < -0.39 is 16.6 Å². The van der Waals surface area contributed by atoms with Crippen LogP contribution in [0, 0.1) is 0 Å². The largest absolute Gasteiger partial charge is 0.465 e. The molecule has 2 aromatic rings. The van der Waals surface area contributed by atoms with Crippen LogP contribution in [0.2, 0.25) is 36.3 Å². The summed E-state index contributed by atoms with van der Waals surface area (Å²) in [7, 11) is -1.97. The van der Waals surface area contributed by atoms with Crippen LogP contribution < -0.4 is 0 Å². The van der Waals surface area contributed by atoms with Crippen molar-refractivity contribution in [1.29, 1.82) is 0 Å². The van der Waals surface area contributed by atoms with Crippen LogP contribution in [0.1, 0.15) is 76.0 Å². The topological polar surface area (TPSA) is 83.5 Å². The summed E-state index contributed by atoms with van der Waals surface area (Å²) in [5.41, 5.74) is 3.62. The molecule has 2 rings (SSSR count). The number of benzene rings is 2. The van der Waals surface area contributed by atoms with E-state index in [2.05, 4.69) is 72.5 Å². The fourth-order valence-electron chi connectivity index (χ4n) is 3.12. The molecule has 0 aromatic heterocycles. The van der Waals surface area contributed by atoms with E-state index >= 15 is 0 Å². The van der Waals surface area contributed by atoms with Gasteiger partial charge in [-0.1, -0.05) is 85.4 Å². The molecule has 0 bridgehead atoms. The van der Waals surface area contributed by atoms with Crippen molar-refractivity contribution >= 4 is 22.6 Å². The molecular weight excluding hydrogens is 577 g/mol. The van der Waals surface area contributed by atoms with Crippen LogP contribution in [0.25, 0.3) is 0 Å². The van der Waals surface area contributed by atoms with E-state index in [1.807, 2.05) is 36.4 Å². The molecule has 9 heteroatoms. The van der Waals surface area contributed by atoms with E-state index in [9.17, 15) is 4.79 Å². The lowest BCUT2D eigenvalue weighted by molar-refractivity contribution is 0.0600. The SMILES string of the molecule is C.CC(C)(C)[Si](C)(C)OCCOCc1ccc(CO)cc1.COC(=O)c1ccc(COCCO[Si](C)(C)C(C)(C)C)cc1. The quantitative estimate of drug-likeness (QED) is 0.127. The van der Waals surface area contributed by atoms with Gasteiger partial charge in [0.05, 0.1) is 58.9 Å². The van der Waals surface area contributed by atoms with Gasteiger partial charge in [0.2, 0.25) is 0 Å². The number of hydrogen-bond donors (Lipinski definition) is 1. The van der Waals surface area contributed by atoms with Crippen molar-refractivity contribution < 1.29 is 33.0 Å². The Morgan fingerprint density at radius 1 is 0.651 bits per heavy atom. The molecule has 0 unspecified atom stereocenters. The first-order valence-electron chi connectivity index (χ1n) is 14.7. The first-order valence-corrected chi connectivity index (χ1v) is 20.5. The summed E-state index contributed by atoms with van der Waals surface area (Å²) in [4.78, 5) is 11.3. The standard InChI is InChI=1S/C17H28O4Si.C16H28O3Si.CH4/c1-17(2,3)22(5,6)21-12-11-20-13-14-7-9-15(10-8-14)16(18)19-4;1-16(2,3)20(4,5)19-11-10-18-13-15-8-6-14(12-17)7-9-15;/h7-10H,11-13H2,1-6H3;6-9,17H,10-13H2,1-5H3;1H4. The van der Waals surface area contributed by atoms with Crippen molar-refractivity contribution in [3.05, 3.63) is 70.8 Å². The van der Waals surface area contributed by atoms with Gasteiger partial charge in [-0.3, -0.25) is 0 Å². The first kappa shape index (κ1) is 41.1. The monoisotopic (exact) mass is 636 g/mol. The molecule has 7 nitrogen and oxygen atoms in total. The Morgan fingerprint density at radius 2 is 1.00 bits per heavy atom. The highest BCUT2D eigenvalue weighted by molar-refractivity contribution is 6.74. The minimum absolute atomic E-state index is 0. The predicted molar refractivity (Wildman–Crippen MR) is 182 cm³/mol. The van der Waals surface area contributed by atoms with E-state index in [1.165, 1.54) is 7.11 Å². The van der Waals surface area contributed by atoms with Crippen LogP contribution in [-0.4, -0.2) is 61.2 Å². The van der Waals surface area contributed by atoms with E-state index in [0.29, 0.717) is 45.2 Å². The molecule has 2 aromatic carbocycles. The lowest BCUT2D eigenvalue weighted by Crippen LogP contribution is -2.41. The number of ether oxygens (including phenoxy) is 3. The summed E-state index contributed by atoms with van der Waals surface area (Å²) in [6, 6.07) is 15.1. The lowest BCUT2D eigenvalue weighted by atomic mass is 10.1. The number of aliphatic hydroxyl groups excluding tert-OH is 1. The highest BCUT2D eigenvalue weighted by Crippen LogP contribution is 2.37. The number of carbonyl (C=O) groups is 1. The molecular formula is C34H60O7Si2. The summed E-state index contributed by atoms with van der Waals surface area (Å²) >= 11 is 0. The predicted octanol–water partition coefficient (Wildman–Crippen LogP) is 8.37. The second kappa shape index (κ2) is 18.8. The van der Waals surface area contributed by atoms with Crippen molar-refractivity contribution in [2.24, 2.45) is 0 Å². The van der Waals surface area contributed by atoms with E-state index in [-0.39, 0.29) is 30.1 Å². The third kappa shape index (κ3) is 15.1. The fraction of sp³-hybridized carbons (Fsp3) is 0.618. The maximum atomic E-state index is 11.3. The van der Waals surface area contributed by atoms with Crippen molar-refractivity contribution in [3.8, 4) is 0 Å². The van der Waals surface area contributed by atoms with Crippen molar-refractivity contribution in [1.82, 2.24) is 0 Å². The summed E-state index contributed by atoms with van der Waals surface area (Å²) < 4.78 is 28.0. The third-order valence-electron chi connectivity index (χ3n) is 8.11. The molecule has 0 aliphatic rings. The number of hydrogen-bond acceptors (Lipinski definition) is 7. The Balaban J connectivity index is 0.000000805. The molecule has 0 radical (unpaired) electrons. The molecule has 43 heavy (non-hydrogen) atoms. The molecule has 0 heterocycles. The van der Waals surface area contributed by atoms with Gasteiger partial charge in [0.15, 0.2) is 16.6 Å². The van der Waals surface area contributed by atoms with Gasteiger partial charge in [0.1, 0.15) is 0 Å². The maximum absolute atomic E-state index is 11.3. The van der Waals surface area contributed by atoms with Gasteiger partial charge < -0.3 is 28.2 Å². The Kier molecular flexibility index (Phi) is 18.0. The van der Waals surface area contributed by atoms with Crippen LogP contribution in [-0.2, 0) is 42.9 Å². The Hall–Kier alpha value is -1.86. The molecule has 0 aliphatic carbocycles. The Bertz CT molecular complexity index is 1040. The Labute approximate surface area is 264 Å². The molecule has 246 valence electrons. The number of rotatable bonds is 14. The summed E-state index contributed by atoms with van der Waals surface area (Å²) in [6.07, 6.45) is 0. The van der Waals surface area contributed by atoms with Crippen LogP contribution in [0.4, 0.5) is 0 Å². The molecule has 0 fully saturated rings. The van der Waals surface area contributed by atoms with Gasteiger partial charge in [-0.25, -0.2) is 4.79 Å². The van der Waals surface area contributed by atoms with Crippen molar-refractivity contribution in [2.45, 2.75) is 105 Å². The summed E-state index contributed by atoms with van der Waals surface area (Å²) in [6.45, 7) is 26.0. The minimum Gasteiger partial charge on any atom is -0.465 e. The molecule has 0 atom stereocenters. The molecule has 1 N–H and O–H groups in total. The van der Waals surface area contributed by atoms with Crippen molar-refractivity contribution in [2.75, 3.05) is 33.5 Å². The highest BCUT2D eigenvalue weighted by Gasteiger charge is 2.37. The maximum Gasteiger partial charge on any atom is 0.337 e. The summed E-state index contributed by atoms with van der Waals surface area (Å²) in [5, 5.41) is 9.43. The number of esters is 1. The van der Waals surface area contributed by atoms with E-state index in [1.54, 1.807) is 12.1 Å². The van der Waals surface area contributed by atoms with Crippen molar-refractivity contribution in [3.63, 3.8) is 0 Å². The molecule has 0 aliphatic heterocycles. The normalized spacial score (nSPS) is 12.2. The summed E-state index contributed by atoms with van der Waals surface area (Å²) in [5.74, 6) is -0.324. The van der Waals surface area contributed by atoms with Gasteiger partial charge in [0.25, 0.3) is 0 Å². The van der Waals surface area contributed by atoms with Crippen LogP contribution in [0.5, 0.6) is 0 Å². The van der Waals surface area contributed by atoms with E-state index in [4.69, 9.17) is 23.4 Å². The second-order valence-corrected chi connectivity index (χ2v) is 23.1. The smallest absolute Gasteiger partial charge is 0.337 e. The average Bonchev–Trinajstić information content (AvgIpc) is 2.92. The molecule has 0 spiro atoms. The van der Waals surface area contributed by atoms with Crippen LogP contribution >= 0.6 is 0 Å². The zero-order chi connectivity index (χ0) is 32.0. The zero-order valence-electron chi connectivity index (χ0n) is 28.0. The lowest BCUT2D eigenvalue weighted by Gasteiger charge is -2.36. The molecule has 0 saturated heterocycles. The Morgan fingerprint density at radius 3 is 1.33 bits per heavy atom. The number of aliphatic hydroxyl groups is 1. The average molecular weight is 637 g/mol. The zero-order valence-corrected chi connectivity index (χ0v) is 30.0. The highest BCUT2D eigenvalue weighted by atomic mass is 28.4. The third-order valence-corrected chi connectivity index (χ3v) is 17.2. The van der Waals surface area contributed by atoms with Gasteiger partial charge in [-0.05, 0) is 65.1 Å². The minimum atomic E-state index is -1.69. The van der Waals surface area contributed by atoms with Gasteiger partial charge in [0, 0.05) is 0 Å². The van der Waals surface area contributed by atoms with Gasteiger partial charge >= 0.3 is 5.97 Å². The second-order valence-electron chi connectivity index (χ2n) is 13.5.